The van der Waals surface area contributed by atoms with Gasteiger partial charge in [-0.05, 0) is 32.3 Å². The van der Waals surface area contributed by atoms with Crippen LogP contribution in [-0.2, 0) is 6.61 Å². The van der Waals surface area contributed by atoms with Crippen molar-refractivity contribution in [3.05, 3.63) is 58.2 Å². The molecule has 0 heterocycles. The molecule has 0 radical (unpaired) electrons. The Hall–Kier alpha value is -2.75. The third kappa shape index (κ3) is 4.75. The van der Waals surface area contributed by atoms with Crippen LogP contribution in [0.2, 0.25) is 0 Å². The number of thioether (sulfide) groups is 1. The first-order valence-electron chi connectivity index (χ1n) is 7.99. The third-order valence-electron chi connectivity index (χ3n) is 3.71. The SMILES string of the molecule is CN(C)CCSc1c(F)c(F)c(COc2ccc(C#N)c(C#N)c2)c(F)c1F. The smallest absolute Gasteiger partial charge is 0.175 e. The average Bonchev–Trinajstić information content (AvgIpc) is 2.68. The Kier molecular flexibility index (Phi) is 7.27. The second-order valence-corrected chi connectivity index (χ2v) is 7.04. The van der Waals surface area contributed by atoms with Crippen molar-refractivity contribution in [2.45, 2.75) is 11.5 Å². The lowest BCUT2D eigenvalue weighted by Gasteiger charge is -2.14. The van der Waals surface area contributed by atoms with Crippen LogP contribution in [0.5, 0.6) is 5.75 Å². The molecule has 2 rings (SSSR count). The predicted molar refractivity (Wildman–Crippen MR) is 95.8 cm³/mol. The van der Waals surface area contributed by atoms with Crippen molar-refractivity contribution in [1.82, 2.24) is 4.90 Å². The highest BCUT2D eigenvalue weighted by molar-refractivity contribution is 7.99. The summed E-state index contributed by atoms with van der Waals surface area (Å²) in [6.07, 6.45) is 0. The minimum absolute atomic E-state index is 0.00550. The van der Waals surface area contributed by atoms with Crippen molar-refractivity contribution < 1.29 is 22.3 Å². The van der Waals surface area contributed by atoms with Gasteiger partial charge in [-0.3, -0.25) is 0 Å². The average molecular weight is 409 g/mol. The predicted octanol–water partition coefficient (Wildman–Crippen LogP) is 4.22. The van der Waals surface area contributed by atoms with E-state index < -0.39 is 40.3 Å². The number of halogens is 4. The van der Waals surface area contributed by atoms with Gasteiger partial charge < -0.3 is 9.64 Å². The summed E-state index contributed by atoms with van der Waals surface area (Å²) in [6, 6.07) is 7.40. The molecule has 146 valence electrons. The maximum atomic E-state index is 14.3. The molecule has 0 N–H and O–H groups in total. The lowest BCUT2D eigenvalue weighted by Crippen LogP contribution is -2.15. The van der Waals surface area contributed by atoms with Gasteiger partial charge in [-0.15, -0.1) is 11.8 Å². The molecule has 4 nitrogen and oxygen atoms in total. The van der Waals surface area contributed by atoms with Crippen LogP contribution in [0.1, 0.15) is 16.7 Å². The zero-order chi connectivity index (χ0) is 20.8. The first-order chi connectivity index (χ1) is 13.3. The van der Waals surface area contributed by atoms with Crippen LogP contribution in [0.25, 0.3) is 0 Å². The monoisotopic (exact) mass is 409 g/mol. The molecule has 0 aliphatic rings. The zero-order valence-electron chi connectivity index (χ0n) is 15.0. The van der Waals surface area contributed by atoms with E-state index in [1.807, 2.05) is 6.07 Å². The van der Waals surface area contributed by atoms with Gasteiger partial charge in [-0.1, -0.05) is 0 Å². The summed E-state index contributed by atoms with van der Waals surface area (Å²) in [6.45, 7) is -0.317. The minimum atomic E-state index is -1.53. The Bertz CT molecular complexity index is 938. The molecule has 0 atom stereocenters. The van der Waals surface area contributed by atoms with Crippen LogP contribution < -0.4 is 4.74 Å². The van der Waals surface area contributed by atoms with Crippen LogP contribution in [0.4, 0.5) is 17.6 Å². The first kappa shape index (κ1) is 21.5. The molecule has 0 unspecified atom stereocenters. The lowest BCUT2D eigenvalue weighted by atomic mass is 10.1. The Morgan fingerprint density at radius 2 is 1.57 bits per heavy atom. The van der Waals surface area contributed by atoms with Crippen LogP contribution >= 0.6 is 11.8 Å². The van der Waals surface area contributed by atoms with Gasteiger partial charge in [-0.2, -0.15) is 10.5 Å². The number of ether oxygens (including phenoxy) is 1. The van der Waals surface area contributed by atoms with Gasteiger partial charge >= 0.3 is 0 Å². The summed E-state index contributed by atoms with van der Waals surface area (Å²) in [7, 11) is 3.52. The normalized spacial score (nSPS) is 10.6. The number of benzene rings is 2. The third-order valence-corrected chi connectivity index (χ3v) is 4.75. The summed E-state index contributed by atoms with van der Waals surface area (Å²) >= 11 is 0.683. The van der Waals surface area contributed by atoms with Gasteiger partial charge in [0.2, 0.25) is 0 Å². The largest absolute Gasteiger partial charge is 0.489 e. The molecule has 0 aliphatic heterocycles. The highest BCUT2D eigenvalue weighted by Gasteiger charge is 2.26. The van der Waals surface area contributed by atoms with Crippen molar-refractivity contribution in [1.29, 1.82) is 10.5 Å². The van der Waals surface area contributed by atoms with Gasteiger partial charge in [-0.25, -0.2) is 17.6 Å². The van der Waals surface area contributed by atoms with Crippen LogP contribution in [0.15, 0.2) is 23.1 Å². The molecule has 2 aromatic rings. The van der Waals surface area contributed by atoms with Crippen LogP contribution in [-0.4, -0.2) is 31.3 Å². The molecule has 0 bridgehead atoms. The fraction of sp³-hybridized carbons (Fsp3) is 0.263. The van der Waals surface area contributed by atoms with E-state index in [0.29, 0.717) is 18.3 Å². The molecule has 0 saturated carbocycles. The van der Waals surface area contributed by atoms with E-state index in [1.165, 1.54) is 18.2 Å². The number of rotatable bonds is 7. The molecule has 9 heteroatoms. The number of hydrogen-bond donors (Lipinski definition) is 0. The van der Waals surface area contributed by atoms with Crippen molar-refractivity contribution in [3.8, 4) is 17.9 Å². The van der Waals surface area contributed by atoms with E-state index in [-0.39, 0.29) is 22.6 Å². The van der Waals surface area contributed by atoms with Gasteiger partial charge in [0.25, 0.3) is 0 Å². The molecule has 0 saturated heterocycles. The van der Waals surface area contributed by atoms with Gasteiger partial charge in [0, 0.05) is 12.3 Å². The second-order valence-electron chi connectivity index (χ2n) is 5.94. The van der Waals surface area contributed by atoms with E-state index in [0.717, 1.165) is 0 Å². The van der Waals surface area contributed by atoms with Gasteiger partial charge in [0.1, 0.15) is 24.5 Å². The quantitative estimate of drug-likeness (QED) is 0.389. The Balaban J connectivity index is 2.25. The second kappa shape index (κ2) is 9.45. The van der Waals surface area contributed by atoms with Crippen molar-refractivity contribution in [3.63, 3.8) is 0 Å². The molecule has 0 aliphatic carbocycles. The molecule has 28 heavy (non-hydrogen) atoms. The maximum absolute atomic E-state index is 14.3. The van der Waals surface area contributed by atoms with Crippen molar-refractivity contribution in [2.24, 2.45) is 0 Å². The summed E-state index contributed by atoms with van der Waals surface area (Å²) in [5.41, 5.74) is -0.788. The molecular formula is C19H15F4N3OS. The van der Waals surface area contributed by atoms with E-state index in [4.69, 9.17) is 15.3 Å². The fourth-order valence-corrected chi connectivity index (χ4v) is 3.29. The summed E-state index contributed by atoms with van der Waals surface area (Å²) < 4.78 is 62.2. The highest BCUT2D eigenvalue weighted by atomic mass is 32.2. The topological polar surface area (TPSA) is 60.0 Å². The van der Waals surface area contributed by atoms with E-state index in [9.17, 15) is 17.6 Å². The summed E-state index contributed by atoms with van der Waals surface area (Å²) in [4.78, 5) is 1.05. The Morgan fingerprint density at radius 3 is 2.11 bits per heavy atom. The minimum Gasteiger partial charge on any atom is -0.489 e. The van der Waals surface area contributed by atoms with Gasteiger partial charge in [0.15, 0.2) is 23.3 Å². The molecule has 0 aromatic heterocycles. The van der Waals surface area contributed by atoms with E-state index in [2.05, 4.69) is 0 Å². The Morgan fingerprint density at radius 1 is 0.964 bits per heavy atom. The fourth-order valence-electron chi connectivity index (χ4n) is 2.20. The van der Waals surface area contributed by atoms with Crippen molar-refractivity contribution in [2.75, 3.05) is 26.4 Å². The van der Waals surface area contributed by atoms with E-state index >= 15 is 0 Å². The van der Waals surface area contributed by atoms with Crippen LogP contribution in [0.3, 0.4) is 0 Å². The number of nitrogens with zero attached hydrogens (tertiary/aromatic N) is 3. The summed E-state index contributed by atoms with van der Waals surface area (Å²) in [5.74, 6) is -5.73. The standard InChI is InChI=1S/C19H15F4N3OS/c1-26(2)5-6-28-19-17(22)15(20)14(16(21)18(19)23)10-27-13-4-3-11(8-24)12(7-13)9-25/h3-4,7H,5-6,10H2,1-2H3. The molecule has 0 fully saturated rings. The maximum Gasteiger partial charge on any atom is 0.175 e. The lowest BCUT2D eigenvalue weighted by molar-refractivity contribution is 0.283. The molecular weight excluding hydrogens is 394 g/mol. The molecule has 0 amide bonds. The number of nitriles is 2. The zero-order valence-corrected chi connectivity index (χ0v) is 15.8. The first-order valence-corrected chi connectivity index (χ1v) is 8.98. The Labute approximate surface area is 163 Å². The highest BCUT2D eigenvalue weighted by Crippen LogP contribution is 2.32. The van der Waals surface area contributed by atoms with E-state index in [1.54, 1.807) is 25.1 Å². The molecule has 0 spiro atoms. The van der Waals surface area contributed by atoms with Crippen LogP contribution in [0, 0.1) is 45.9 Å². The number of hydrogen-bond acceptors (Lipinski definition) is 5. The van der Waals surface area contributed by atoms with Crippen molar-refractivity contribution >= 4 is 11.8 Å². The summed E-state index contributed by atoms with van der Waals surface area (Å²) in [5, 5.41) is 17.8. The molecule has 2 aromatic carbocycles. The van der Waals surface area contributed by atoms with Gasteiger partial charge in [0.05, 0.1) is 21.6 Å².